The Morgan fingerprint density at radius 2 is 1.81 bits per heavy atom. The third-order valence-corrected chi connectivity index (χ3v) is 3.55. The quantitative estimate of drug-likeness (QED) is 0.574. The summed E-state index contributed by atoms with van der Waals surface area (Å²) in [6, 6.07) is -0.630. The van der Waals surface area contributed by atoms with Crippen LogP contribution in [0.3, 0.4) is 0 Å². The maximum atomic E-state index is 10.7. The maximum absolute atomic E-state index is 10.7. The van der Waals surface area contributed by atoms with Crippen molar-refractivity contribution in [3.63, 3.8) is 0 Å². The highest BCUT2D eigenvalue weighted by molar-refractivity contribution is 6.36. The highest BCUT2D eigenvalue weighted by Gasteiger charge is 2.17. The zero-order valence-electron chi connectivity index (χ0n) is 10.2. The lowest BCUT2D eigenvalue weighted by atomic mass is 10.2. The van der Waals surface area contributed by atoms with E-state index in [1.807, 2.05) is 20.8 Å². The van der Waals surface area contributed by atoms with Gasteiger partial charge in [-0.1, -0.05) is 6.92 Å². The lowest BCUT2D eigenvalue weighted by Crippen LogP contribution is -2.43. The summed E-state index contributed by atoms with van der Waals surface area (Å²) in [4.78, 5) is 10.7. The Hall–Kier alpha value is -0.633. The molecule has 0 aromatic carbocycles. The first-order valence-electron chi connectivity index (χ1n) is 5.54. The number of amides is 2. The zero-order chi connectivity index (χ0) is 12.4. The second-order valence-electron chi connectivity index (χ2n) is 3.15. The van der Waals surface area contributed by atoms with Gasteiger partial charge in [-0.3, -0.25) is 0 Å². The average Bonchev–Trinajstić information content (AvgIpc) is 2.24. The van der Waals surface area contributed by atoms with Crippen molar-refractivity contribution in [3.05, 3.63) is 0 Å². The molecule has 96 valence electrons. The summed E-state index contributed by atoms with van der Waals surface area (Å²) in [5.41, 5.74) is 5.04. The van der Waals surface area contributed by atoms with Crippen molar-refractivity contribution in [1.82, 2.24) is 5.32 Å². The molecule has 6 nitrogen and oxygen atoms in total. The van der Waals surface area contributed by atoms with E-state index in [-0.39, 0.29) is 6.04 Å². The number of hydrogen-bond acceptors (Lipinski definition) is 4. The molecule has 3 N–H and O–H groups in total. The first-order valence-corrected chi connectivity index (χ1v) is 6.96. The van der Waals surface area contributed by atoms with E-state index in [9.17, 15) is 4.79 Å². The van der Waals surface area contributed by atoms with Crippen LogP contribution < -0.4 is 11.1 Å². The van der Waals surface area contributed by atoms with Crippen LogP contribution in [0.2, 0.25) is 0 Å². The SMILES string of the molecule is CCO[SiH](OCC)OCC(CC)NC(N)=O. The van der Waals surface area contributed by atoms with Crippen molar-refractivity contribution in [2.75, 3.05) is 19.8 Å². The predicted molar refractivity (Wildman–Crippen MR) is 63.2 cm³/mol. The van der Waals surface area contributed by atoms with E-state index in [2.05, 4.69) is 5.32 Å². The number of carbonyl (C=O) groups excluding carboxylic acids is 1. The van der Waals surface area contributed by atoms with Crippen molar-refractivity contribution in [2.24, 2.45) is 5.73 Å². The van der Waals surface area contributed by atoms with Gasteiger partial charge < -0.3 is 24.3 Å². The van der Waals surface area contributed by atoms with E-state index in [4.69, 9.17) is 19.0 Å². The largest absolute Gasteiger partial charge is 0.484 e. The number of hydrogen-bond donors (Lipinski definition) is 2. The summed E-state index contributed by atoms with van der Waals surface area (Å²) in [6.45, 7) is 7.23. The summed E-state index contributed by atoms with van der Waals surface area (Å²) < 4.78 is 16.2. The molecule has 0 bridgehead atoms. The average molecular weight is 250 g/mol. The molecule has 0 saturated heterocycles. The minimum absolute atomic E-state index is 0.0894. The lowest BCUT2D eigenvalue weighted by molar-refractivity contribution is 0.0932. The van der Waals surface area contributed by atoms with Gasteiger partial charge in [-0.2, -0.15) is 0 Å². The number of rotatable bonds is 9. The monoisotopic (exact) mass is 250 g/mol. The Morgan fingerprint density at radius 3 is 2.19 bits per heavy atom. The van der Waals surface area contributed by atoms with Crippen LogP contribution in [-0.2, 0) is 13.3 Å². The fourth-order valence-electron chi connectivity index (χ4n) is 1.07. The van der Waals surface area contributed by atoms with Crippen molar-refractivity contribution < 1.29 is 18.1 Å². The third-order valence-electron chi connectivity index (χ3n) is 1.88. The van der Waals surface area contributed by atoms with Crippen LogP contribution in [0, 0.1) is 0 Å². The molecule has 1 atom stereocenters. The zero-order valence-corrected chi connectivity index (χ0v) is 11.3. The highest BCUT2D eigenvalue weighted by atomic mass is 28.3. The molecular weight excluding hydrogens is 228 g/mol. The first-order chi connectivity index (χ1) is 7.63. The Bertz CT molecular complexity index is 188. The second kappa shape index (κ2) is 9.58. The van der Waals surface area contributed by atoms with Gasteiger partial charge in [-0.05, 0) is 20.3 Å². The Morgan fingerprint density at radius 1 is 1.25 bits per heavy atom. The number of nitrogens with two attached hydrogens (primary N) is 1. The Balaban J connectivity index is 3.89. The van der Waals surface area contributed by atoms with Crippen LogP contribution in [0.5, 0.6) is 0 Å². The van der Waals surface area contributed by atoms with Crippen LogP contribution in [0.25, 0.3) is 0 Å². The standard InChI is InChI=1S/C9H22N2O4Si/c1-4-8(11-9(10)12)7-15-16(13-5-2)14-6-3/h8,16H,4-7H2,1-3H3,(H3,10,11,12). The summed E-state index contributed by atoms with van der Waals surface area (Å²) in [5.74, 6) is 0. The number of urea groups is 1. The molecule has 0 aliphatic carbocycles. The van der Waals surface area contributed by atoms with E-state index < -0.39 is 15.6 Å². The molecule has 0 aliphatic heterocycles. The van der Waals surface area contributed by atoms with Gasteiger partial charge in [0.15, 0.2) is 0 Å². The third kappa shape index (κ3) is 7.63. The molecule has 0 spiro atoms. The van der Waals surface area contributed by atoms with Gasteiger partial charge in [-0.25, -0.2) is 4.79 Å². The van der Waals surface area contributed by atoms with Gasteiger partial charge in [0.25, 0.3) is 0 Å². The fraction of sp³-hybridized carbons (Fsp3) is 0.889. The summed E-state index contributed by atoms with van der Waals surface area (Å²) in [7, 11) is -2.04. The van der Waals surface area contributed by atoms with Crippen molar-refractivity contribution in [1.29, 1.82) is 0 Å². The molecule has 0 radical (unpaired) electrons. The predicted octanol–water partition coefficient (Wildman–Crippen LogP) is 0.240. The van der Waals surface area contributed by atoms with Crippen LogP contribution >= 0.6 is 0 Å². The molecule has 2 amide bonds. The molecule has 0 rings (SSSR count). The summed E-state index contributed by atoms with van der Waals surface area (Å²) in [6.07, 6.45) is 0.752. The molecule has 0 aromatic rings. The van der Waals surface area contributed by atoms with Gasteiger partial charge in [0.05, 0.1) is 12.6 Å². The molecule has 0 aromatic heterocycles. The van der Waals surface area contributed by atoms with Crippen molar-refractivity contribution in [2.45, 2.75) is 33.2 Å². The minimum Gasteiger partial charge on any atom is -0.376 e. The Labute approximate surface area is 98.4 Å². The van der Waals surface area contributed by atoms with Gasteiger partial charge in [0, 0.05) is 13.2 Å². The summed E-state index contributed by atoms with van der Waals surface area (Å²) >= 11 is 0. The number of carbonyl (C=O) groups is 1. The normalized spacial score (nSPS) is 12.8. The molecule has 7 heteroatoms. The second-order valence-corrected chi connectivity index (χ2v) is 4.72. The molecular formula is C9H22N2O4Si. The molecule has 0 fully saturated rings. The van der Waals surface area contributed by atoms with Gasteiger partial charge in [0.1, 0.15) is 0 Å². The highest BCUT2D eigenvalue weighted by Crippen LogP contribution is 1.97. The molecule has 0 saturated carbocycles. The van der Waals surface area contributed by atoms with Crippen LogP contribution in [0.4, 0.5) is 4.79 Å². The first kappa shape index (κ1) is 15.4. The van der Waals surface area contributed by atoms with Crippen LogP contribution in [0.1, 0.15) is 27.2 Å². The van der Waals surface area contributed by atoms with E-state index in [0.29, 0.717) is 19.8 Å². The van der Waals surface area contributed by atoms with Gasteiger partial charge >= 0.3 is 15.6 Å². The number of primary amides is 1. The maximum Gasteiger partial charge on any atom is 0.484 e. The van der Waals surface area contributed by atoms with Crippen molar-refractivity contribution in [3.8, 4) is 0 Å². The number of nitrogens with one attached hydrogen (secondary N) is 1. The molecule has 1 unspecified atom stereocenters. The van der Waals surface area contributed by atoms with Crippen molar-refractivity contribution >= 4 is 15.6 Å². The van der Waals surface area contributed by atoms with Crippen LogP contribution in [-0.4, -0.2) is 41.4 Å². The van der Waals surface area contributed by atoms with E-state index in [0.717, 1.165) is 6.42 Å². The fourth-order valence-corrected chi connectivity index (χ4v) is 2.30. The van der Waals surface area contributed by atoms with E-state index in [1.54, 1.807) is 0 Å². The van der Waals surface area contributed by atoms with E-state index >= 15 is 0 Å². The molecule has 0 aliphatic rings. The molecule has 16 heavy (non-hydrogen) atoms. The van der Waals surface area contributed by atoms with Gasteiger partial charge in [-0.15, -0.1) is 0 Å². The topological polar surface area (TPSA) is 82.8 Å². The summed E-state index contributed by atoms with van der Waals surface area (Å²) in [5, 5.41) is 2.59. The minimum atomic E-state index is -2.04. The van der Waals surface area contributed by atoms with Crippen LogP contribution in [0.15, 0.2) is 0 Å². The Kier molecular flexibility index (Phi) is 9.20. The van der Waals surface area contributed by atoms with Gasteiger partial charge in [0.2, 0.25) is 0 Å². The molecule has 0 heterocycles. The smallest absolute Gasteiger partial charge is 0.376 e. The van der Waals surface area contributed by atoms with E-state index in [1.165, 1.54) is 0 Å². The lowest BCUT2D eigenvalue weighted by Gasteiger charge is -2.19.